The lowest BCUT2D eigenvalue weighted by Crippen LogP contribution is -2.20. The van der Waals surface area contributed by atoms with Gasteiger partial charge < -0.3 is 9.64 Å². The lowest BCUT2D eigenvalue weighted by Gasteiger charge is -2.12. The van der Waals surface area contributed by atoms with Gasteiger partial charge >= 0.3 is 0 Å². The van der Waals surface area contributed by atoms with Gasteiger partial charge in [0.2, 0.25) is 0 Å². The Bertz CT molecular complexity index is 165. The molecular weight excluding hydrogens is 126 g/mol. The molecule has 0 aromatic rings. The molecule has 0 saturated carbocycles. The van der Waals surface area contributed by atoms with Gasteiger partial charge in [-0.3, -0.25) is 0 Å². The zero-order valence-electron chi connectivity index (χ0n) is 6.34. The van der Waals surface area contributed by atoms with Crippen LogP contribution < -0.4 is 0 Å². The highest BCUT2D eigenvalue weighted by atomic mass is 16.5. The van der Waals surface area contributed by atoms with Crippen LogP contribution in [-0.2, 0) is 4.74 Å². The fourth-order valence-corrected chi connectivity index (χ4v) is 1.78. The maximum atomic E-state index is 5.26. The fraction of sp³-hybridized carbons (Fsp3) is 0.750. The van der Waals surface area contributed by atoms with E-state index in [1.807, 2.05) is 0 Å². The minimum absolute atomic E-state index is 0.464. The van der Waals surface area contributed by atoms with E-state index in [0.717, 1.165) is 13.0 Å². The van der Waals surface area contributed by atoms with E-state index in [-0.39, 0.29) is 0 Å². The SMILES string of the molecule is CO[C@@H]1CC2=CCCN2C1. The predicted molar refractivity (Wildman–Crippen MR) is 39.7 cm³/mol. The molecule has 0 aromatic carbocycles. The molecule has 2 aliphatic heterocycles. The summed E-state index contributed by atoms with van der Waals surface area (Å²) in [6.45, 7) is 2.33. The van der Waals surface area contributed by atoms with Crippen LogP contribution in [-0.4, -0.2) is 31.2 Å². The van der Waals surface area contributed by atoms with Crippen molar-refractivity contribution < 1.29 is 4.74 Å². The quantitative estimate of drug-likeness (QED) is 0.537. The van der Waals surface area contributed by atoms with Crippen molar-refractivity contribution in [2.24, 2.45) is 0 Å². The van der Waals surface area contributed by atoms with E-state index in [1.54, 1.807) is 7.11 Å². The molecule has 1 fully saturated rings. The summed E-state index contributed by atoms with van der Waals surface area (Å²) in [6, 6.07) is 0. The smallest absolute Gasteiger partial charge is 0.0800 e. The molecule has 2 nitrogen and oxygen atoms in total. The zero-order chi connectivity index (χ0) is 6.97. The van der Waals surface area contributed by atoms with Gasteiger partial charge in [0.05, 0.1) is 6.10 Å². The van der Waals surface area contributed by atoms with E-state index in [2.05, 4.69) is 11.0 Å². The second-order valence-electron chi connectivity index (χ2n) is 2.99. The van der Waals surface area contributed by atoms with Crippen molar-refractivity contribution in [3.05, 3.63) is 11.8 Å². The molecule has 0 amide bonds. The minimum atomic E-state index is 0.464. The molecule has 0 radical (unpaired) electrons. The Kier molecular flexibility index (Phi) is 1.42. The molecule has 1 saturated heterocycles. The topological polar surface area (TPSA) is 12.5 Å². The summed E-state index contributed by atoms with van der Waals surface area (Å²) in [5.41, 5.74) is 1.51. The number of nitrogens with zero attached hydrogens (tertiary/aromatic N) is 1. The summed E-state index contributed by atoms with van der Waals surface area (Å²) < 4.78 is 5.26. The van der Waals surface area contributed by atoms with E-state index in [1.165, 1.54) is 18.7 Å². The van der Waals surface area contributed by atoms with Crippen molar-refractivity contribution in [3.8, 4) is 0 Å². The number of hydrogen-bond donors (Lipinski definition) is 0. The lowest BCUT2D eigenvalue weighted by atomic mass is 10.2. The Labute approximate surface area is 61.5 Å². The first-order valence-corrected chi connectivity index (χ1v) is 3.87. The molecule has 1 atom stereocenters. The van der Waals surface area contributed by atoms with Gasteiger partial charge in [-0.05, 0) is 6.42 Å². The van der Waals surface area contributed by atoms with E-state index in [9.17, 15) is 0 Å². The second-order valence-corrected chi connectivity index (χ2v) is 2.99. The van der Waals surface area contributed by atoms with Crippen molar-refractivity contribution >= 4 is 0 Å². The van der Waals surface area contributed by atoms with Gasteiger partial charge in [0.25, 0.3) is 0 Å². The molecule has 2 heteroatoms. The number of hydrogen-bond acceptors (Lipinski definition) is 2. The van der Waals surface area contributed by atoms with Crippen molar-refractivity contribution in [2.75, 3.05) is 20.2 Å². The molecule has 10 heavy (non-hydrogen) atoms. The summed E-state index contributed by atoms with van der Waals surface area (Å²) in [5, 5.41) is 0. The van der Waals surface area contributed by atoms with Crippen LogP contribution in [0.5, 0.6) is 0 Å². The second kappa shape index (κ2) is 2.27. The maximum Gasteiger partial charge on any atom is 0.0800 e. The summed E-state index contributed by atoms with van der Waals surface area (Å²) in [5.74, 6) is 0. The third-order valence-corrected chi connectivity index (χ3v) is 2.38. The van der Waals surface area contributed by atoms with Crippen LogP contribution in [0.4, 0.5) is 0 Å². The Hall–Kier alpha value is -0.500. The van der Waals surface area contributed by atoms with Gasteiger partial charge in [-0.2, -0.15) is 0 Å². The van der Waals surface area contributed by atoms with Crippen LogP contribution in [0.15, 0.2) is 11.8 Å². The van der Waals surface area contributed by atoms with E-state index < -0.39 is 0 Å². The standard InChI is InChI=1S/C8H13NO/c1-10-8-5-7-3-2-4-9(7)6-8/h3,8H,2,4-6H2,1H3/t8-/m1/s1. The molecule has 2 rings (SSSR count). The monoisotopic (exact) mass is 139 g/mol. The molecule has 0 spiro atoms. The summed E-state index contributed by atoms with van der Waals surface area (Å²) in [6.07, 6.45) is 5.17. The number of ether oxygens (including phenoxy) is 1. The predicted octanol–water partition coefficient (Wildman–Crippen LogP) is 0.995. The number of methoxy groups -OCH3 is 1. The Morgan fingerprint density at radius 2 is 2.60 bits per heavy atom. The van der Waals surface area contributed by atoms with Crippen molar-refractivity contribution in [1.82, 2.24) is 4.90 Å². The number of fused-ring (bicyclic) bond motifs is 1. The van der Waals surface area contributed by atoms with E-state index in [0.29, 0.717) is 6.10 Å². The summed E-state index contributed by atoms with van der Waals surface area (Å²) >= 11 is 0. The molecule has 56 valence electrons. The highest BCUT2D eigenvalue weighted by Gasteiger charge is 2.27. The number of rotatable bonds is 1. The first kappa shape index (κ1) is 6.23. The normalized spacial score (nSPS) is 30.7. The zero-order valence-corrected chi connectivity index (χ0v) is 6.34. The van der Waals surface area contributed by atoms with Gasteiger partial charge in [0, 0.05) is 32.3 Å². The summed E-state index contributed by atoms with van der Waals surface area (Å²) in [7, 11) is 1.80. The van der Waals surface area contributed by atoms with Crippen molar-refractivity contribution in [1.29, 1.82) is 0 Å². The highest BCUT2D eigenvalue weighted by molar-refractivity contribution is 5.13. The highest BCUT2D eigenvalue weighted by Crippen LogP contribution is 2.27. The van der Waals surface area contributed by atoms with Gasteiger partial charge in [0.15, 0.2) is 0 Å². The van der Waals surface area contributed by atoms with Gasteiger partial charge in [-0.1, -0.05) is 6.08 Å². The molecule has 0 bridgehead atoms. The largest absolute Gasteiger partial charge is 0.379 e. The molecular formula is C8H13NO. The molecule has 2 aliphatic rings. The Morgan fingerprint density at radius 1 is 1.70 bits per heavy atom. The van der Waals surface area contributed by atoms with Gasteiger partial charge in [0.1, 0.15) is 0 Å². The molecule has 0 unspecified atom stereocenters. The Morgan fingerprint density at radius 3 is 3.30 bits per heavy atom. The van der Waals surface area contributed by atoms with E-state index in [4.69, 9.17) is 4.74 Å². The average molecular weight is 139 g/mol. The minimum Gasteiger partial charge on any atom is -0.379 e. The molecule has 0 aromatic heterocycles. The van der Waals surface area contributed by atoms with E-state index >= 15 is 0 Å². The first-order chi connectivity index (χ1) is 4.90. The van der Waals surface area contributed by atoms with Crippen molar-refractivity contribution in [3.63, 3.8) is 0 Å². The van der Waals surface area contributed by atoms with Crippen molar-refractivity contribution in [2.45, 2.75) is 18.9 Å². The molecule has 2 heterocycles. The molecule has 0 aliphatic carbocycles. The lowest BCUT2D eigenvalue weighted by molar-refractivity contribution is 0.108. The van der Waals surface area contributed by atoms with Crippen LogP contribution >= 0.6 is 0 Å². The Balaban J connectivity index is 2.05. The third-order valence-electron chi connectivity index (χ3n) is 2.38. The first-order valence-electron chi connectivity index (χ1n) is 3.87. The van der Waals surface area contributed by atoms with Crippen LogP contribution in [0.2, 0.25) is 0 Å². The van der Waals surface area contributed by atoms with Gasteiger partial charge in [-0.25, -0.2) is 0 Å². The van der Waals surface area contributed by atoms with Crippen LogP contribution in [0, 0.1) is 0 Å². The average Bonchev–Trinajstić information content (AvgIpc) is 2.42. The third kappa shape index (κ3) is 0.833. The molecule has 0 N–H and O–H groups in total. The van der Waals surface area contributed by atoms with Crippen LogP contribution in [0.25, 0.3) is 0 Å². The van der Waals surface area contributed by atoms with Crippen LogP contribution in [0.1, 0.15) is 12.8 Å². The van der Waals surface area contributed by atoms with Gasteiger partial charge in [-0.15, -0.1) is 0 Å². The maximum absolute atomic E-state index is 5.26. The summed E-state index contributed by atoms with van der Waals surface area (Å²) in [4.78, 5) is 2.42. The fourth-order valence-electron chi connectivity index (χ4n) is 1.78. The van der Waals surface area contributed by atoms with Crippen LogP contribution in [0.3, 0.4) is 0 Å².